The molecule has 0 aromatic heterocycles. The molecule has 0 aliphatic heterocycles. The second kappa shape index (κ2) is 5.01. The van der Waals surface area contributed by atoms with Crippen molar-refractivity contribution in [3.05, 3.63) is 35.9 Å². The Bertz CT molecular complexity index is 375. The molecule has 17 heavy (non-hydrogen) atoms. The van der Waals surface area contributed by atoms with Gasteiger partial charge in [-0.1, -0.05) is 49.6 Å². The number of benzene rings is 1. The van der Waals surface area contributed by atoms with Gasteiger partial charge in [0, 0.05) is 5.56 Å². The Kier molecular flexibility index (Phi) is 3.63. The van der Waals surface area contributed by atoms with Crippen LogP contribution in [0.4, 0.5) is 0 Å². The SMILES string of the molecule is CC(O)(C(=O)c1ccccc1)C1CCCCC1. The highest BCUT2D eigenvalue weighted by Gasteiger charge is 2.39. The van der Waals surface area contributed by atoms with E-state index in [1.165, 1.54) is 6.42 Å². The van der Waals surface area contributed by atoms with Crippen LogP contribution in [0.5, 0.6) is 0 Å². The summed E-state index contributed by atoms with van der Waals surface area (Å²) in [6, 6.07) is 9.11. The van der Waals surface area contributed by atoms with E-state index in [0.717, 1.165) is 25.7 Å². The molecule has 0 heterocycles. The van der Waals surface area contributed by atoms with Crippen molar-refractivity contribution in [3.63, 3.8) is 0 Å². The zero-order chi connectivity index (χ0) is 12.3. The minimum Gasteiger partial charge on any atom is -0.382 e. The van der Waals surface area contributed by atoms with Gasteiger partial charge in [-0.05, 0) is 25.7 Å². The van der Waals surface area contributed by atoms with Crippen molar-refractivity contribution >= 4 is 5.78 Å². The molecule has 1 unspecified atom stereocenters. The van der Waals surface area contributed by atoms with Crippen molar-refractivity contribution in [1.29, 1.82) is 0 Å². The largest absolute Gasteiger partial charge is 0.382 e. The van der Waals surface area contributed by atoms with Gasteiger partial charge in [0.2, 0.25) is 0 Å². The lowest BCUT2D eigenvalue weighted by Gasteiger charge is -2.34. The molecule has 2 heteroatoms. The summed E-state index contributed by atoms with van der Waals surface area (Å²) in [4.78, 5) is 12.3. The number of hydrogen-bond acceptors (Lipinski definition) is 2. The molecule has 2 rings (SSSR count). The highest BCUT2D eigenvalue weighted by atomic mass is 16.3. The van der Waals surface area contributed by atoms with Crippen LogP contribution in [0.25, 0.3) is 0 Å². The maximum Gasteiger partial charge on any atom is 0.194 e. The highest BCUT2D eigenvalue weighted by molar-refractivity contribution is 6.02. The number of carbonyl (C=O) groups is 1. The van der Waals surface area contributed by atoms with Crippen LogP contribution >= 0.6 is 0 Å². The summed E-state index contributed by atoms with van der Waals surface area (Å²) in [5, 5.41) is 10.5. The van der Waals surface area contributed by atoms with Gasteiger partial charge in [-0.2, -0.15) is 0 Å². The van der Waals surface area contributed by atoms with Crippen LogP contribution in [0.2, 0.25) is 0 Å². The van der Waals surface area contributed by atoms with Gasteiger partial charge in [0.25, 0.3) is 0 Å². The molecule has 1 aliphatic rings. The molecular formula is C15H20O2. The third-order valence-electron chi connectivity index (χ3n) is 3.90. The van der Waals surface area contributed by atoms with Gasteiger partial charge in [-0.15, -0.1) is 0 Å². The van der Waals surface area contributed by atoms with E-state index in [-0.39, 0.29) is 11.7 Å². The Hall–Kier alpha value is -1.15. The topological polar surface area (TPSA) is 37.3 Å². The van der Waals surface area contributed by atoms with Gasteiger partial charge >= 0.3 is 0 Å². The van der Waals surface area contributed by atoms with E-state index in [2.05, 4.69) is 0 Å². The molecule has 1 aliphatic carbocycles. The average Bonchev–Trinajstić information content (AvgIpc) is 2.40. The van der Waals surface area contributed by atoms with Crippen LogP contribution in [-0.4, -0.2) is 16.5 Å². The third kappa shape index (κ3) is 2.58. The zero-order valence-electron chi connectivity index (χ0n) is 10.4. The van der Waals surface area contributed by atoms with E-state index in [1.807, 2.05) is 18.2 Å². The normalized spacial score (nSPS) is 20.8. The van der Waals surface area contributed by atoms with Crippen molar-refractivity contribution in [2.75, 3.05) is 0 Å². The summed E-state index contributed by atoms with van der Waals surface area (Å²) < 4.78 is 0. The number of rotatable bonds is 3. The van der Waals surface area contributed by atoms with Crippen LogP contribution in [-0.2, 0) is 0 Å². The van der Waals surface area contributed by atoms with E-state index in [1.54, 1.807) is 19.1 Å². The van der Waals surface area contributed by atoms with Crippen LogP contribution in [0, 0.1) is 5.92 Å². The minimum atomic E-state index is -1.21. The van der Waals surface area contributed by atoms with Gasteiger partial charge in [-0.25, -0.2) is 0 Å². The predicted octanol–water partition coefficient (Wildman–Crippen LogP) is 3.20. The van der Waals surface area contributed by atoms with Crippen LogP contribution < -0.4 is 0 Å². The van der Waals surface area contributed by atoms with Crippen molar-refractivity contribution in [1.82, 2.24) is 0 Å². The molecule has 0 amide bonds. The first-order valence-corrected chi connectivity index (χ1v) is 6.44. The van der Waals surface area contributed by atoms with Crippen LogP contribution in [0.1, 0.15) is 49.4 Å². The van der Waals surface area contributed by atoms with E-state index >= 15 is 0 Å². The van der Waals surface area contributed by atoms with Gasteiger partial charge in [0.05, 0.1) is 0 Å². The molecule has 1 fully saturated rings. The van der Waals surface area contributed by atoms with Crippen molar-refractivity contribution in [2.45, 2.75) is 44.6 Å². The van der Waals surface area contributed by atoms with Gasteiger partial charge in [0.15, 0.2) is 5.78 Å². The minimum absolute atomic E-state index is 0.115. The number of carbonyl (C=O) groups excluding carboxylic acids is 1. The van der Waals surface area contributed by atoms with E-state index < -0.39 is 5.60 Å². The van der Waals surface area contributed by atoms with E-state index in [9.17, 15) is 9.90 Å². The van der Waals surface area contributed by atoms with Crippen molar-refractivity contribution < 1.29 is 9.90 Å². The molecule has 1 N–H and O–H groups in total. The smallest absolute Gasteiger partial charge is 0.194 e. The number of aliphatic hydroxyl groups is 1. The molecule has 92 valence electrons. The summed E-state index contributed by atoms with van der Waals surface area (Å²) in [7, 11) is 0. The fraction of sp³-hybridized carbons (Fsp3) is 0.533. The molecule has 0 saturated heterocycles. The average molecular weight is 232 g/mol. The van der Waals surface area contributed by atoms with E-state index in [4.69, 9.17) is 0 Å². The molecule has 1 aromatic rings. The second-order valence-electron chi connectivity index (χ2n) is 5.18. The lowest BCUT2D eigenvalue weighted by Crippen LogP contribution is -2.43. The Morgan fingerprint density at radius 1 is 1.18 bits per heavy atom. The zero-order valence-corrected chi connectivity index (χ0v) is 10.4. The lowest BCUT2D eigenvalue weighted by atomic mass is 9.74. The van der Waals surface area contributed by atoms with Crippen LogP contribution in [0.15, 0.2) is 30.3 Å². The van der Waals surface area contributed by atoms with Crippen molar-refractivity contribution in [2.24, 2.45) is 5.92 Å². The van der Waals surface area contributed by atoms with Gasteiger partial charge in [0.1, 0.15) is 5.60 Å². The standard InChI is InChI=1S/C15H20O2/c1-15(17,13-10-6-3-7-11-13)14(16)12-8-4-2-5-9-12/h2,4-5,8-9,13,17H,3,6-7,10-11H2,1H3. The summed E-state index contributed by atoms with van der Waals surface area (Å²) in [6.45, 7) is 1.68. The number of Topliss-reactive ketones (excluding diaryl/α,β-unsaturated/α-hetero) is 1. The number of hydrogen-bond donors (Lipinski definition) is 1. The highest BCUT2D eigenvalue weighted by Crippen LogP contribution is 2.34. The van der Waals surface area contributed by atoms with Gasteiger partial charge in [-0.3, -0.25) is 4.79 Å². The summed E-state index contributed by atoms with van der Waals surface area (Å²) in [5.74, 6) is -0.0195. The summed E-state index contributed by atoms with van der Waals surface area (Å²) >= 11 is 0. The molecule has 0 bridgehead atoms. The molecule has 2 nitrogen and oxygen atoms in total. The molecular weight excluding hydrogens is 212 g/mol. The quantitative estimate of drug-likeness (QED) is 0.812. The molecule has 0 spiro atoms. The summed E-state index contributed by atoms with van der Waals surface area (Å²) in [5.41, 5.74) is -0.593. The fourth-order valence-electron chi connectivity index (χ4n) is 2.73. The molecule has 1 aromatic carbocycles. The predicted molar refractivity (Wildman–Crippen MR) is 68.0 cm³/mol. The fourth-order valence-corrected chi connectivity index (χ4v) is 2.73. The Morgan fingerprint density at radius 3 is 2.35 bits per heavy atom. The second-order valence-corrected chi connectivity index (χ2v) is 5.18. The number of ketones is 1. The lowest BCUT2D eigenvalue weighted by molar-refractivity contribution is -0.00216. The maximum absolute atomic E-state index is 12.3. The molecule has 0 radical (unpaired) electrons. The Labute approximate surface area is 103 Å². The summed E-state index contributed by atoms with van der Waals surface area (Å²) in [6.07, 6.45) is 5.41. The van der Waals surface area contributed by atoms with Crippen LogP contribution in [0.3, 0.4) is 0 Å². The first kappa shape index (κ1) is 12.3. The Balaban J connectivity index is 2.17. The molecule has 1 saturated carbocycles. The maximum atomic E-state index is 12.3. The van der Waals surface area contributed by atoms with Gasteiger partial charge < -0.3 is 5.11 Å². The first-order chi connectivity index (χ1) is 8.12. The first-order valence-electron chi connectivity index (χ1n) is 6.44. The monoisotopic (exact) mass is 232 g/mol. The molecule has 1 atom stereocenters. The third-order valence-corrected chi connectivity index (χ3v) is 3.90. The van der Waals surface area contributed by atoms with E-state index in [0.29, 0.717) is 5.56 Å². The Morgan fingerprint density at radius 2 is 1.76 bits per heavy atom. The van der Waals surface area contributed by atoms with Crippen molar-refractivity contribution in [3.8, 4) is 0 Å².